The Balaban J connectivity index is 2.54. The van der Waals surface area contributed by atoms with Crippen LogP contribution < -0.4 is 0 Å². The van der Waals surface area contributed by atoms with Crippen LogP contribution >= 0.6 is 19.0 Å². The average Bonchev–Trinajstić information content (AvgIpc) is 1.97. The van der Waals surface area contributed by atoms with Gasteiger partial charge in [-0.25, -0.2) is 0 Å². The van der Waals surface area contributed by atoms with Crippen molar-refractivity contribution in [3.8, 4) is 0 Å². The first-order valence-corrected chi connectivity index (χ1v) is 5.57. The summed E-state index contributed by atoms with van der Waals surface area (Å²) < 4.78 is 10.5. The summed E-state index contributed by atoms with van der Waals surface area (Å²) in [6, 6.07) is 0. The zero-order chi connectivity index (χ0) is 8.54. The minimum atomic E-state index is -1.06. The standard InChI is InChI=1S/C6H10ClO2PS/c1-5(2)3-8-6(7,10-11)9-4-5/h3-4H2,1-2H3. The molecule has 0 aromatic heterocycles. The van der Waals surface area contributed by atoms with Crippen LogP contribution in [0.25, 0.3) is 0 Å². The van der Waals surface area contributed by atoms with Crippen molar-refractivity contribution >= 4 is 30.8 Å². The van der Waals surface area contributed by atoms with Gasteiger partial charge in [0.25, 0.3) is 0 Å². The van der Waals surface area contributed by atoms with Crippen LogP contribution in [0.1, 0.15) is 13.8 Å². The molecule has 0 atom stereocenters. The Bertz CT molecular complexity index is 164. The number of hydrogen-bond acceptors (Lipinski definition) is 3. The van der Waals surface area contributed by atoms with Crippen molar-refractivity contribution in [3.05, 3.63) is 0 Å². The number of rotatable bonds is 1. The summed E-state index contributed by atoms with van der Waals surface area (Å²) in [6.45, 7) is 5.31. The first-order chi connectivity index (χ1) is 4.97. The molecule has 0 aliphatic carbocycles. The summed E-state index contributed by atoms with van der Waals surface area (Å²) in [5, 5.41) is 0. The van der Waals surface area contributed by atoms with E-state index in [1.807, 2.05) is 0 Å². The van der Waals surface area contributed by atoms with Crippen LogP contribution in [0.15, 0.2) is 0 Å². The molecule has 0 unspecified atom stereocenters. The highest BCUT2D eigenvalue weighted by Gasteiger charge is 2.37. The van der Waals surface area contributed by atoms with E-state index in [0.29, 0.717) is 20.6 Å². The molecule has 1 aliphatic rings. The maximum atomic E-state index is 5.83. The van der Waals surface area contributed by atoms with E-state index < -0.39 is 4.99 Å². The zero-order valence-electron chi connectivity index (χ0n) is 6.46. The molecule has 0 aromatic carbocycles. The molecule has 0 N–H and O–H groups in total. The molecule has 1 saturated heterocycles. The lowest BCUT2D eigenvalue weighted by atomic mass is 9.96. The van der Waals surface area contributed by atoms with Crippen LogP contribution in [0.2, 0.25) is 0 Å². The number of halogens is 1. The van der Waals surface area contributed by atoms with E-state index in [4.69, 9.17) is 32.9 Å². The van der Waals surface area contributed by atoms with Gasteiger partial charge in [0.05, 0.1) is 20.6 Å². The van der Waals surface area contributed by atoms with Gasteiger partial charge >= 0.3 is 4.99 Å². The van der Waals surface area contributed by atoms with E-state index in [9.17, 15) is 0 Å². The third-order valence-corrected chi connectivity index (χ3v) is 3.36. The molecule has 11 heavy (non-hydrogen) atoms. The van der Waals surface area contributed by atoms with E-state index in [1.54, 1.807) is 0 Å². The van der Waals surface area contributed by atoms with Crippen molar-refractivity contribution in [1.82, 2.24) is 0 Å². The van der Waals surface area contributed by atoms with Gasteiger partial charge in [0.15, 0.2) is 0 Å². The Morgan fingerprint density at radius 1 is 1.36 bits per heavy atom. The minimum Gasteiger partial charge on any atom is -0.329 e. The molecule has 0 spiro atoms. The van der Waals surface area contributed by atoms with Crippen LogP contribution in [-0.4, -0.2) is 18.2 Å². The van der Waals surface area contributed by atoms with E-state index in [0.717, 1.165) is 0 Å². The molecule has 1 rings (SSSR count). The first-order valence-electron chi connectivity index (χ1n) is 3.29. The summed E-state index contributed by atoms with van der Waals surface area (Å²) in [4.78, 5) is -1.06. The quantitative estimate of drug-likeness (QED) is 0.491. The fraction of sp³-hybridized carbons (Fsp3) is 1.00. The largest absolute Gasteiger partial charge is 0.329 e. The predicted molar refractivity (Wildman–Crippen MR) is 48.6 cm³/mol. The van der Waals surface area contributed by atoms with E-state index >= 15 is 0 Å². The molecule has 0 amide bonds. The first kappa shape index (κ1) is 9.82. The van der Waals surface area contributed by atoms with Gasteiger partial charge in [-0.15, -0.1) is 0 Å². The summed E-state index contributed by atoms with van der Waals surface area (Å²) in [5.41, 5.74) is 0.0540. The number of hydrogen-bond donors (Lipinski definition) is 0. The normalized spacial score (nSPS) is 28.6. The zero-order valence-corrected chi connectivity index (χ0v) is 8.93. The van der Waals surface area contributed by atoms with Gasteiger partial charge in [-0.1, -0.05) is 25.7 Å². The van der Waals surface area contributed by atoms with Crippen LogP contribution in [0.4, 0.5) is 0 Å². The molecule has 1 heterocycles. The summed E-state index contributed by atoms with van der Waals surface area (Å²) >= 11 is 10.6. The van der Waals surface area contributed by atoms with Crippen LogP contribution in [0.5, 0.6) is 0 Å². The monoisotopic (exact) mass is 212 g/mol. The van der Waals surface area contributed by atoms with E-state index in [1.165, 1.54) is 0 Å². The van der Waals surface area contributed by atoms with Crippen LogP contribution in [0, 0.1) is 5.41 Å². The molecular weight excluding hydrogens is 203 g/mol. The molecule has 0 saturated carbocycles. The lowest BCUT2D eigenvalue weighted by Gasteiger charge is -2.36. The maximum Gasteiger partial charge on any atom is 0.303 e. The summed E-state index contributed by atoms with van der Waals surface area (Å²) in [7, 11) is 0.497. The van der Waals surface area contributed by atoms with Gasteiger partial charge in [0, 0.05) is 5.41 Å². The molecule has 64 valence electrons. The number of alkyl halides is 1. The molecule has 1 fully saturated rings. The Labute approximate surface area is 78.0 Å². The van der Waals surface area contributed by atoms with Gasteiger partial charge in [-0.3, -0.25) is 0 Å². The molecule has 5 heteroatoms. The minimum absolute atomic E-state index is 0.0540. The van der Waals surface area contributed by atoms with E-state index in [-0.39, 0.29) is 5.41 Å². The third-order valence-electron chi connectivity index (χ3n) is 1.39. The van der Waals surface area contributed by atoms with Gasteiger partial charge in [-0.05, 0) is 11.6 Å². The van der Waals surface area contributed by atoms with E-state index in [2.05, 4.69) is 13.8 Å². The van der Waals surface area contributed by atoms with Crippen LogP contribution in [0.3, 0.4) is 0 Å². The fourth-order valence-corrected chi connectivity index (χ4v) is 1.36. The van der Waals surface area contributed by atoms with Crippen molar-refractivity contribution in [1.29, 1.82) is 0 Å². The van der Waals surface area contributed by atoms with Gasteiger partial charge < -0.3 is 9.47 Å². The topological polar surface area (TPSA) is 18.5 Å². The average molecular weight is 213 g/mol. The maximum absolute atomic E-state index is 5.83. The Morgan fingerprint density at radius 3 is 2.18 bits per heavy atom. The predicted octanol–water partition coefficient (Wildman–Crippen LogP) is 2.32. The molecular formula is C6H10ClO2PS. The smallest absolute Gasteiger partial charge is 0.303 e. The van der Waals surface area contributed by atoms with Crippen molar-refractivity contribution in [2.24, 2.45) is 5.41 Å². The van der Waals surface area contributed by atoms with Gasteiger partial charge in [-0.2, -0.15) is 0 Å². The second-order valence-corrected chi connectivity index (χ2v) is 5.42. The van der Waals surface area contributed by atoms with Crippen LogP contribution in [-0.2, 0) is 21.3 Å². The molecule has 1 aliphatic heterocycles. The van der Waals surface area contributed by atoms with Crippen molar-refractivity contribution in [3.63, 3.8) is 0 Å². The van der Waals surface area contributed by atoms with Crippen molar-refractivity contribution < 1.29 is 9.47 Å². The second-order valence-electron chi connectivity index (χ2n) is 3.34. The summed E-state index contributed by atoms with van der Waals surface area (Å²) in [5.74, 6) is 0. The molecule has 0 radical (unpaired) electrons. The molecule has 0 aromatic rings. The second kappa shape index (κ2) is 3.23. The van der Waals surface area contributed by atoms with Gasteiger partial charge in [0.2, 0.25) is 0 Å². The molecule has 2 nitrogen and oxygen atoms in total. The van der Waals surface area contributed by atoms with Gasteiger partial charge in [0.1, 0.15) is 0 Å². The highest BCUT2D eigenvalue weighted by Crippen LogP contribution is 2.38. The number of ether oxygens (including phenoxy) is 2. The highest BCUT2D eigenvalue weighted by atomic mass is 35.5. The highest BCUT2D eigenvalue weighted by molar-refractivity contribution is 7.97. The lowest BCUT2D eigenvalue weighted by Crippen LogP contribution is -2.40. The van der Waals surface area contributed by atoms with Crippen molar-refractivity contribution in [2.45, 2.75) is 18.8 Å². The Hall–Kier alpha value is 0.730. The summed E-state index contributed by atoms with van der Waals surface area (Å²) in [6.07, 6.45) is 0. The molecule has 0 bridgehead atoms. The Morgan fingerprint density at radius 2 is 1.82 bits per heavy atom. The lowest BCUT2D eigenvalue weighted by molar-refractivity contribution is -0.201. The Kier molecular flexibility index (Phi) is 2.88. The van der Waals surface area contributed by atoms with Crippen molar-refractivity contribution in [2.75, 3.05) is 13.2 Å². The fourth-order valence-electron chi connectivity index (χ4n) is 0.705. The SMILES string of the molecule is CC1(C)COC(Cl)(P=S)OC1. The third kappa shape index (κ3) is 2.60.